The Morgan fingerprint density at radius 2 is 2.04 bits per heavy atom. The quantitative estimate of drug-likeness (QED) is 0.478. The predicted molar refractivity (Wildman–Crippen MR) is 89.0 cm³/mol. The number of nitrogens with one attached hydrogen (secondary N) is 1. The zero-order valence-corrected chi connectivity index (χ0v) is 13.3. The molecular weight excluding hydrogens is 345 g/mol. The molecule has 0 heterocycles. The van der Waals surface area contributed by atoms with E-state index < -0.39 is 16.4 Å². The molecule has 2 rings (SSSR count). The SMILES string of the molecule is COc1cc(/C=N/Nc2ccc(Cl)c(Cl)c2)cc([N+](=O)[O-])c1O. The minimum Gasteiger partial charge on any atom is -0.500 e. The van der Waals surface area contributed by atoms with Gasteiger partial charge in [-0.05, 0) is 24.3 Å². The molecule has 0 aliphatic rings. The summed E-state index contributed by atoms with van der Waals surface area (Å²) < 4.78 is 4.90. The van der Waals surface area contributed by atoms with E-state index in [2.05, 4.69) is 10.5 Å². The number of phenols is 1. The summed E-state index contributed by atoms with van der Waals surface area (Å²) in [6, 6.07) is 7.46. The first-order valence-electron chi connectivity index (χ1n) is 6.22. The van der Waals surface area contributed by atoms with Crippen molar-refractivity contribution in [3.8, 4) is 11.5 Å². The third kappa shape index (κ3) is 4.02. The number of anilines is 1. The number of nitro benzene ring substituents is 1. The highest BCUT2D eigenvalue weighted by Crippen LogP contribution is 2.36. The van der Waals surface area contributed by atoms with E-state index in [9.17, 15) is 15.2 Å². The Morgan fingerprint density at radius 3 is 2.65 bits per heavy atom. The summed E-state index contributed by atoms with van der Waals surface area (Å²) in [5, 5.41) is 25.3. The number of hydrogen-bond acceptors (Lipinski definition) is 6. The number of methoxy groups -OCH3 is 1. The van der Waals surface area contributed by atoms with Gasteiger partial charge in [0.2, 0.25) is 5.75 Å². The largest absolute Gasteiger partial charge is 0.500 e. The molecule has 0 bridgehead atoms. The smallest absolute Gasteiger partial charge is 0.315 e. The fourth-order valence-electron chi connectivity index (χ4n) is 1.73. The van der Waals surface area contributed by atoms with Gasteiger partial charge in [-0.3, -0.25) is 15.5 Å². The number of phenolic OH excluding ortho intramolecular Hbond substituents is 1. The van der Waals surface area contributed by atoms with Crippen LogP contribution in [0.5, 0.6) is 11.5 Å². The monoisotopic (exact) mass is 355 g/mol. The molecule has 9 heteroatoms. The molecule has 23 heavy (non-hydrogen) atoms. The van der Waals surface area contributed by atoms with Gasteiger partial charge in [-0.1, -0.05) is 23.2 Å². The Morgan fingerprint density at radius 1 is 1.30 bits per heavy atom. The summed E-state index contributed by atoms with van der Waals surface area (Å²) in [6.45, 7) is 0. The number of hydrazone groups is 1. The van der Waals surface area contributed by atoms with E-state index in [-0.39, 0.29) is 5.75 Å². The number of nitro groups is 1. The van der Waals surface area contributed by atoms with Crippen LogP contribution >= 0.6 is 23.2 Å². The zero-order chi connectivity index (χ0) is 17.0. The van der Waals surface area contributed by atoms with Crippen LogP contribution in [-0.2, 0) is 0 Å². The van der Waals surface area contributed by atoms with Crippen molar-refractivity contribution in [3.05, 3.63) is 56.1 Å². The lowest BCUT2D eigenvalue weighted by Crippen LogP contribution is -1.96. The maximum Gasteiger partial charge on any atom is 0.315 e. The van der Waals surface area contributed by atoms with E-state index in [1.807, 2.05) is 0 Å². The molecule has 0 atom stereocenters. The summed E-state index contributed by atoms with van der Waals surface area (Å²) in [4.78, 5) is 10.2. The fourth-order valence-corrected chi connectivity index (χ4v) is 2.03. The van der Waals surface area contributed by atoms with Gasteiger partial charge in [-0.25, -0.2) is 0 Å². The van der Waals surface area contributed by atoms with Crippen LogP contribution in [0.1, 0.15) is 5.56 Å². The molecule has 0 amide bonds. The maximum absolute atomic E-state index is 10.9. The average Bonchev–Trinajstić information content (AvgIpc) is 2.51. The van der Waals surface area contributed by atoms with Crippen LogP contribution in [0.4, 0.5) is 11.4 Å². The first-order valence-corrected chi connectivity index (χ1v) is 6.97. The summed E-state index contributed by atoms with van der Waals surface area (Å²) in [5.41, 5.74) is 3.21. The lowest BCUT2D eigenvalue weighted by molar-refractivity contribution is -0.386. The molecule has 0 spiro atoms. The van der Waals surface area contributed by atoms with Gasteiger partial charge in [0.1, 0.15) is 0 Å². The van der Waals surface area contributed by atoms with Crippen molar-refractivity contribution < 1.29 is 14.8 Å². The molecule has 0 unspecified atom stereocenters. The standard InChI is InChI=1S/C14H11Cl2N3O4/c1-23-13-5-8(4-12(14(13)20)19(21)22)7-17-18-9-2-3-10(15)11(16)6-9/h2-7,18,20H,1H3/b17-7+. The van der Waals surface area contributed by atoms with E-state index >= 15 is 0 Å². The molecule has 0 saturated carbocycles. The Labute approximate surface area is 141 Å². The second-order valence-corrected chi connectivity index (χ2v) is 5.16. The number of rotatable bonds is 5. The normalized spacial score (nSPS) is 10.7. The molecule has 2 N–H and O–H groups in total. The molecule has 2 aromatic rings. The minimum absolute atomic E-state index is 0.0183. The maximum atomic E-state index is 10.9. The molecule has 0 radical (unpaired) electrons. The number of benzene rings is 2. The van der Waals surface area contributed by atoms with Crippen LogP contribution in [0.15, 0.2) is 35.4 Å². The Bertz CT molecular complexity index is 781. The van der Waals surface area contributed by atoms with Crippen molar-refractivity contribution in [1.82, 2.24) is 0 Å². The van der Waals surface area contributed by atoms with Crippen LogP contribution in [0, 0.1) is 10.1 Å². The summed E-state index contributed by atoms with van der Waals surface area (Å²) in [6.07, 6.45) is 1.34. The molecule has 0 saturated heterocycles. The number of ether oxygens (including phenoxy) is 1. The van der Waals surface area contributed by atoms with Crippen LogP contribution in [0.25, 0.3) is 0 Å². The number of halogens is 2. The van der Waals surface area contributed by atoms with Gasteiger partial charge in [0, 0.05) is 11.6 Å². The van der Waals surface area contributed by atoms with Crippen molar-refractivity contribution in [3.63, 3.8) is 0 Å². The highest BCUT2D eigenvalue weighted by molar-refractivity contribution is 6.42. The number of aromatic hydroxyl groups is 1. The van der Waals surface area contributed by atoms with Crippen molar-refractivity contribution in [2.24, 2.45) is 5.10 Å². The van der Waals surface area contributed by atoms with Gasteiger partial charge < -0.3 is 9.84 Å². The number of hydrogen-bond donors (Lipinski definition) is 2. The fraction of sp³-hybridized carbons (Fsp3) is 0.0714. The zero-order valence-electron chi connectivity index (χ0n) is 11.8. The lowest BCUT2D eigenvalue weighted by atomic mass is 10.2. The first kappa shape index (κ1) is 16.9. The minimum atomic E-state index is -0.707. The van der Waals surface area contributed by atoms with Crippen molar-refractivity contribution in [1.29, 1.82) is 0 Å². The van der Waals surface area contributed by atoms with Gasteiger partial charge >= 0.3 is 5.69 Å². The van der Waals surface area contributed by atoms with Gasteiger partial charge in [-0.2, -0.15) is 5.10 Å². The Hall–Kier alpha value is -2.51. The van der Waals surface area contributed by atoms with Crippen LogP contribution in [0.2, 0.25) is 10.0 Å². The van der Waals surface area contributed by atoms with E-state index in [0.717, 1.165) is 0 Å². The van der Waals surface area contributed by atoms with E-state index in [4.69, 9.17) is 27.9 Å². The predicted octanol–water partition coefficient (Wildman–Crippen LogP) is 4.06. The Kier molecular flexibility index (Phi) is 5.25. The molecule has 7 nitrogen and oxygen atoms in total. The van der Waals surface area contributed by atoms with Crippen molar-refractivity contribution in [2.45, 2.75) is 0 Å². The number of nitrogens with zero attached hydrogens (tertiary/aromatic N) is 2. The molecular formula is C14H11Cl2N3O4. The van der Waals surface area contributed by atoms with Gasteiger partial charge in [0.15, 0.2) is 5.75 Å². The topological polar surface area (TPSA) is 97.0 Å². The second kappa shape index (κ2) is 7.17. The lowest BCUT2D eigenvalue weighted by Gasteiger charge is -2.05. The molecule has 120 valence electrons. The third-order valence-corrected chi connectivity index (χ3v) is 3.56. The highest BCUT2D eigenvalue weighted by atomic mass is 35.5. The second-order valence-electron chi connectivity index (χ2n) is 4.35. The first-order chi connectivity index (χ1) is 10.9. The van der Waals surface area contributed by atoms with Crippen molar-refractivity contribution in [2.75, 3.05) is 12.5 Å². The molecule has 0 aliphatic carbocycles. The summed E-state index contributed by atoms with van der Waals surface area (Å²) >= 11 is 11.7. The molecule has 0 fully saturated rings. The summed E-state index contributed by atoms with van der Waals surface area (Å²) in [7, 11) is 1.30. The van der Waals surface area contributed by atoms with E-state index in [0.29, 0.717) is 21.3 Å². The van der Waals surface area contributed by atoms with Gasteiger partial charge in [0.25, 0.3) is 0 Å². The van der Waals surface area contributed by atoms with Crippen LogP contribution < -0.4 is 10.2 Å². The highest BCUT2D eigenvalue weighted by Gasteiger charge is 2.19. The van der Waals surface area contributed by atoms with Crippen LogP contribution in [0.3, 0.4) is 0 Å². The average molecular weight is 356 g/mol. The van der Waals surface area contributed by atoms with Gasteiger partial charge in [-0.15, -0.1) is 0 Å². The van der Waals surface area contributed by atoms with E-state index in [1.165, 1.54) is 25.5 Å². The molecule has 2 aromatic carbocycles. The van der Waals surface area contributed by atoms with Crippen LogP contribution in [-0.4, -0.2) is 23.4 Å². The van der Waals surface area contributed by atoms with Crippen molar-refractivity contribution >= 4 is 40.8 Å². The Balaban J connectivity index is 2.23. The molecule has 0 aliphatic heterocycles. The van der Waals surface area contributed by atoms with E-state index in [1.54, 1.807) is 18.2 Å². The summed E-state index contributed by atoms with van der Waals surface area (Å²) in [5.74, 6) is -0.553. The third-order valence-electron chi connectivity index (χ3n) is 2.82. The molecule has 0 aromatic heterocycles. The van der Waals surface area contributed by atoms with Gasteiger partial charge in [0.05, 0.1) is 34.0 Å².